The van der Waals surface area contributed by atoms with Crippen LogP contribution in [-0.2, 0) is 11.3 Å². The topological polar surface area (TPSA) is 90.1 Å². The fourth-order valence-corrected chi connectivity index (χ4v) is 4.22. The summed E-state index contributed by atoms with van der Waals surface area (Å²) in [7, 11) is 0. The number of aromatic nitrogens is 2. The molecule has 2 saturated carbocycles. The van der Waals surface area contributed by atoms with Crippen LogP contribution in [0.1, 0.15) is 38.3 Å². The predicted octanol–water partition coefficient (Wildman–Crippen LogP) is 2.04. The zero-order chi connectivity index (χ0) is 15.9. The van der Waals surface area contributed by atoms with Gasteiger partial charge in [-0.3, -0.25) is 19.6 Å². The number of nitrogens with zero attached hydrogens (tertiary/aromatic N) is 3. The molecule has 1 amide bonds. The van der Waals surface area contributed by atoms with Gasteiger partial charge in [-0.05, 0) is 50.9 Å². The van der Waals surface area contributed by atoms with Crippen LogP contribution in [0.2, 0.25) is 0 Å². The standard InChI is InChI=1S/C15H22N4O3/c1-9(13-6-11-3-4-12(13)5-11)17-15(20)8-18-10(2)14(7-16-18)19(21)22/h7,9,11-13H,3-6,8H2,1-2H3,(H,17,20). The first kappa shape index (κ1) is 15.0. The van der Waals surface area contributed by atoms with Gasteiger partial charge >= 0.3 is 5.69 Å². The van der Waals surface area contributed by atoms with Crippen LogP contribution in [0, 0.1) is 34.8 Å². The zero-order valence-corrected chi connectivity index (χ0v) is 13.0. The Morgan fingerprint density at radius 1 is 1.55 bits per heavy atom. The second-order valence-electron chi connectivity index (χ2n) is 6.72. The number of fused-ring (bicyclic) bond motifs is 2. The molecule has 4 atom stereocenters. The largest absolute Gasteiger partial charge is 0.352 e. The van der Waals surface area contributed by atoms with E-state index < -0.39 is 4.92 Å². The van der Waals surface area contributed by atoms with Gasteiger partial charge in [-0.15, -0.1) is 0 Å². The van der Waals surface area contributed by atoms with Gasteiger partial charge in [0.05, 0.1) is 4.92 Å². The number of rotatable bonds is 5. The van der Waals surface area contributed by atoms with Gasteiger partial charge in [0.2, 0.25) is 5.91 Å². The second kappa shape index (κ2) is 5.70. The first-order valence-corrected chi connectivity index (χ1v) is 7.92. The maximum Gasteiger partial charge on any atom is 0.309 e. The number of hydrogen-bond acceptors (Lipinski definition) is 4. The highest BCUT2D eigenvalue weighted by atomic mass is 16.6. The van der Waals surface area contributed by atoms with Gasteiger partial charge < -0.3 is 5.32 Å². The molecule has 2 fully saturated rings. The van der Waals surface area contributed by atoms with E-state index in [-0.39, 0.29) is 24.2 Å². The Morgan fingerprint density at radius 3 is 2.86 bits per heavy atom. The summed E-state index contributed by atoms with van der Waals surface area (Å²) in [6.45, 7) is 3.71. The lowest BCUT2D eigenvalue weighted by atomic mass is 9.84. The molecule has 0 saturated heterocycles. The van der Waals surface area contributed by atoms with E-state index in [2.05, 4.69) is 17.3 Å². The lowest BCUT2D eigenvalue weighted by molar-refractivity contribution is -0.385. The van der Waals surface area contributed by atoms with Crippen molar-refractivity contribution in [3.8, 4) is 0 Å². The first-order valence-electron chi connectivity index (χ1n) is 7.92. The number of carbonyl (C=O) groups excluding carboxylic acids is 1. The molecule has 1 aromatic rings. The maximum absolute atomic E-state index is 12.2. The molecule has 1 aromatic heterocycles. The Hall–Kier alpha value is -1.92. The molecule has 7 nitrogen and oxygen atoms in total. The molecule has 1 N–H and O–H groups in total. The Kier molecular flexibility index (Phi) is 3.88. The summed E-state index contributed by atoms with van der Waals surface area (Å²) in [5.74, 6) is 2.06. The van der Waals surface area contributed by atoms with Crippen molar-refractivity contribution < 1.29 is 9.72 Å². The van der Waals surface area contributed by atoms with E-state index in [4.69, 9.17) is 0 Å². The van der Waals surface area contributed by atoms with Gasteiger partial charge in [-0.25, -0.2) is 0 Å². The fourth-order valence-electron chi connectivity index (χ4n) is 4.22. The van der Waals surface area contributed by atoms with E-state index in [0.29, 0.717) is 11.6 Å². The molecule has 2 bridgehead atoms. The van der Waals surface area contributed by atoms with Crippen LogP contribution in [0.15, 0.2) is 6.20 Å². The number of amides is 1. The van der Waals surface area contributed by atoms with Crippen LogP contribution in [0.4, 0.5) is 5.69 Å². The Labute approximate surface area is 129 Å². The minimum Gasteiger partial charge on any atom is -0.352 e. The summed E-state index contributed by atoms with van der Waals surface area (Å²) in [5, 5.41) is 17.8. The summed E-state index contributed by atoms with van der Waals surface area (Å²) >= 11 is 0. The van der Waals surface area contributed by atoms with Crippen molar-refractivity contribution in [2.45, 2.75) is 52.1 Å². The maximum atomic E-state index is 12.2. The van der Waals surface area contributed by atoms with Crippen molar-refractivity contribution in [3.63, 3.8) is 0 Å². The monoisotopic (exact) mass is 306 g/mol. The summed E-state index contributed by atoms with van der Waals surface area (Å²) in [5.41, 5.74) is 0.363. The van der Waals surface area contributed by atoms with Crippen LogP contribution >= 0.6 is 0 Å². The molecule has 0 aromatic carbocycles. The smallest absolute Gasteiger partial charge is 0.309 e. The Morgan fingerprint density at radius 2 is 2.32 bits per heavy atom. The second-order valence-corrected chi connectivity index (χ2v) is 6.72. The number of carbonyl (C=O) groups is 1. The quantitative estimate of drug-likeness (QED) is 0.666. The average Bonchev–Trinajstić information content (AvgIpc) is 3.15. The van der Waals surface area contributed by atoms with Crippen LogP contribution < -0.4 is 5.32 Å². The van der Waals surface area contributed by atoms with Crippen LogP contribution in [0.3, 0.4) is 0 Å². The molecule has 0 aliphatic heterocycles. The molecule has 22 heavy (non-hydrogen) atoms. The van der Waals surface area contributed by atoms with Crippen molar-refractivity contribution in [3.05, 3.63) is 22.0 Å². The van der Waals surface area contributed by atoms with Crippen LogP contribution in [0.25, 0.3) is 0 Å². The molecule has 2 aliphatic rings. The molecule has 120 valence electrons. The molecular formula is C15H22N4O3. The third-order valence-corrected chi connectivity index (χ3v) is 5.39. The van der Waals surface area contributed by atoms with Crippen molar-refractivity contribution in [1.29, 1.82) is 0 Å². The third-order valence-electron chi connectivity index (χ3n) is 5.39. The van der Waals surface area contributed by atoms with E-state index in [1.807, 2.05) is 0 Å². The van der Waals surface area contributed by atoms with E-state index in [9.17, 15) is 14.9 Å². The van der Waals surface area contributed by atoms with E-state index >= 15 is 0 Å². The van der Waals surface area contributed by atoms with Crippen molar-refractivity contribution in [2.75, 3.05) is 0 Å². The lowest BCUT2D eigenvalue weighted by Crippen LogP contribution is -2.41. The van der Waals surface area contributed by atoms with Crippen molar-refractivity contribution in [2.24, 2.45) is 17.8 Å². The number of hydrogen-bond donors (Lipinski definition) is 1. The van der Waals surface area contributed by atoms with Gasteiger partial charge in [-0.2, -0.15) is 5.10 Å². The minimum atomic E-state index is -0.478. The molecule has 3 rings (SSSR count). The van der Waals surface area contributed by atoms with Gasteiger partial charge in [0.15, 0.2) is 0 Å². The Bertz CT molecular complexity index is 598. The predicted molar refractivity (Wildman–Crippen MR) is 80.2 cm³/mol. The molecule has 1 heterocycles. The van der Waals surface area contributed by atoms with Gasteiger partial charge in [0, 0.05) is 6.04 Å². The van der Waals surface area contributed by atoms with Gasteiger partial charge in [0.25, 0.3) is 0 Å². The molecule has 0 spiro atoms. The third kappa shape index (κ3) is 2.71. The molecule has 4 unspecified atom stereocenters. The van der Waals surface area contributed by atoms with Crippen LogP contribution in [0.5, 0.6) is 0 Å². The van der Waals surface area contributed by atoms with Crippen molar-refractivity contribution in [1.82, 2.24) is 15.1 Å². The highest BCUT2D eigenvalue weighted by Crippen LogP contribution is 2.49. The molecule has 2 aliphatic carbocycles. The lowest BCUT2D eigenvalue weighted by Gasteiger charge is -2.28. The fraction of sp³-hybridized carbons (Fsp3) is 0.733. The highest BCUT2D eigenvalue weighted by molar-refractivity contribution is 5.76. The zero-order valence-electron chi connectivity index (χ0n) is 13.0. The van der Waals surface area contributed by atoms with Gasteiger partial charge in [0.1, 0.15) is 18.4 Å². The van der Waals surface area contributed by atoms with E-state index in [1.54, 1.807) is 6.92 Å². The highest BCUT2D eigenvalue weighted by Gasteiger charge is 2.42. The summed E-state index contributed by atoms with van der Waals surface area (Å²) in [6, 6.07) is 0.161. The average molecular weight is 306 g/mol. The summed E-state index contributed by atoms with van der Waals surface area (Å²) < 4.78 is 1.39. The van der Waals surface area contributed by atoms with Crippen LogP contribution in [-0.4, -0.2) is 26.7 Å². The normalized spacial score (nSPS) is 27.8. The van der Waals surface area contributed by atoms with Crippen molar-refractivity contribution >= 4 is 11.6 Å². The Balaban J connectivity index is 1.57. The molecule has 7 heteroatoms. The molecule has 0 radical (unpaired) electrons. The minimum absolute atomic E-state index is 0.0326. The van der Waals surface area contributed by atoms with Gasteiger partial charge in [-0.1, -0.05) is 6.42 Å². The molecular weight excluding hydrogens is 284 g/mol. The van der Waals surface area contributed by atoms with E-state index in [0.717, 1.165) is 11.8 Å². The SMILES string of the molecule is Cc1c([N+](=O)[O-])cnn1CC(=O)NC(C)C1CC2CCC1C2. The summed E-state index contributed by atoms with van der Waals surface area (Å²) in [6.07, 6.45) is 6.37. The number of nitro groups is 1. The first-order chi connectivity index (χ1) is 10.5. The van der Waals surface area contributed by atoms with E-state index in [1.165, 1.54) is 36.6 Å². The summed E-state index contributed by atoms with van der Waals surface area (Å²) in [4.78, 5) is 22.5. The number of nitrogens with one attached hydrogen (secondary N) is 1.